The van der Waals surface area contributed by atoms with Crippen molar-refractivity contribution in [2.75, 3.05) is 37.8 Å². The van der Waals surface area contributed by atoms with Gasteiger partial charge in [-0.3, -0.25) is 4.79 Å². The van der Waals surface area contributed by atoms with Crippen LogP contribution in [0.3, 0.4) is 0 Å². The van der Waals surface area contributed by atoms with Crippen molar-refractivity contribution >= 4 is 11.8 Å². The highest BCUT2D eigenvalue weighted by Gasteiger charge is 2.26. The number of hydrogen-bond acceptors (Lipinski definition) is 5. The summed E-state index contributed by atoms with van der Waals surface area (Å²) in [5.74, 6) is 1.00. The number of aryl methyl sites for hydroxylation is 3. The van der Waals surface area contributed by atoms with Gasteiger partial charge in [0, 0.05) is 36.3 Å². The molecule has 2 aliphatic rings. The molecule has 0 radical (unpaired) electrons. The van der Waals surface area contributed by atoms with Gasteiger partial charge in [0.1, 0.15) is 11.6 Å². The fourth-order valence-electron chi connectivity index (χ4n) is 5.25. The van der Waals surface area contributed by atoms with Gasteiger partial charge in [0.05, 0.1) is 26.2 Å². The molecule has 3 aromatic rings. The molecule has 3 heterocycles. The number of aromatic nitrogens is 1. The van der Waals surface area contributed by atoms with Crippen molar-refractivity contribution in [2.45, 2.75) is 39.0 Å². The Labute approximate surface area is 206 Å². The number of carboxylic acid groups (broad SMARTS) is 1. The molecule has 0 amide bonds. The minimum atomic E-state index is -0.785. The summed E-state index contributed by atoms with van der Waals surface area (Å²) >= 11 is 0. The molecule has 1 N–H and O–H groups in total. The molecule has 35 heavy (non-hydrogen) atoms. The van der Waals surface area contributed by atoms with Crippen molar-refractivity contribution in [1.29, 1.82) is 0 Å². The molecule has 1 atom stereocenters. The lowest BCUT2D eigenvalue weighted by Gasteiger charge is -2.27. The number of aliphatic carboxylic acids is 1. The van der Waals surface area contributed by atoms with E-state index in [4.69, 9.17) is 19.6 Å². The molecule has 1 aromatic heterocycles. The third-order valence-electron chi connectivity index (χ3n) is 7.22. The number of fused-ring (bicyclic) bond motifs is 1. The summed E-state index contributed by atoms with van der Waals surface area (Å²) in [7, 11) is 0. The van der Waals surface area contributed by atoms with E-state index in [1.807, 2.05) is 12.3 Å². The largest absolute Gasteiger partial charge is 0.493 e. The predicted octanol–water partition coefficient (Wildman–Crippen LogP) is 4.94. The molecule has 6 nitrogen and oxygen atoms in total. The molecule has 5 rings (SSSR count). The number of rotatable bonds is 7. The van der Waals surface area contributed by atoms with E-state index in [9.17, 15) is 4.79 Å². The maximum atomic E-state index is 11.1. The summed E-state index contributed by atoms with van der Waals surface area (Å²) < 4.78 is 11.2. The topological polar surface area (TPSA) is 71.9 Å². The molecule has 1 saturated heterocycles. The Morgan fingerprint density at radius 3 is 2.66 bits per heavy atom. The number of anilines is 1. The van der Waals surface area contributed by atoms with Crippen LogP contribution >= 0.6 is 0 Å². The first-order valence-corrected chi connectivity index (χ1v) is 12.3. The van der Waals surface area contributed by atoms with E-state index in [0.29, 0.717) is 6.61 Å². The van der Waals surface area contributed by atoms with Crippen molar-refractivity contribution in [3.05, 3.63) is 76.5 Å². The Balaban J connectivity index is 1.31. The van der Waals surface area contributed by atoms with Crippen LogP contribution in [0.2, 0.25) is 0 Å². The molecule has 0 unspecified atom stereocenters. The van der Waals surface area contributed by atoms with Crippen LogP contribution in [0.15, 0.2) is 48.7 Å². The lowest BCUT2D eigenvalue weighted by molar-refractivity contribution is -0.137. The van der Waals surface area contributed by atoms with Crippen molar-refractivity contribution in [1.82, 2.24) is 4.98 Å². The van der Waals surface area contributed by atoms with Crippen LogP contribution in [0.4, 0.5) is 5.82 Å². The van der Waals surface area contributed by atoms with Gasteiger partial charge in [0.25, 0.3) is 0 Å². The van der Waals surface area contributed by atoms with Gasteiger partial charge in [-0.15, -0.1) is 0 Å². The summed E-state index contributed by atoms with van der Waals surface area (Å²) in [6, 6.07) is 15.0. The monoisotopic (exact) mass is 472 g/mol. The molecule has 1 fully saturated rings. The number of carboxylic acids is 1. The zero-order chi connectivity index (χ0) is 24.4. The number of hydrogen-bond donors (Lipinski definition) is 1. The molecule has 182 valence electrons. The summed E-state index contributed by atoms with van der Waals surface area (Å²) in [6.07, 6.45) is 3.93. The highest BCUT2D eigenvalue weighted by molar-refractivity contribution is 5.72. The third kappa shape index (κ3) is 5.03. The summed E-state index contributed by atoms with van der Waals surface area (Å²) in [4.78, 5) is 18.1. The van der Waals surface area contributed by atoms with Crippen LogP contribution in [-0.4, -0.2) is 49.0 Å². The van der Waals surface area contributed by atoms with E-state index in [0.717, 1.165) is 61.8 Å². The van der Waals surface area contributed by atoms with E-state index >= 15 is 0 Å². The predicted molar refractivity (Wildman–Crippen MR) is 137 cm³/mol. The molecule has 2 aromatic carbocycles. The molecule has 0 bridgehead atoms. The lowest BCUT2D eigenvalue weighted by atomic mass is 9.90. The minimum absolute atomic E-state index is 0.0540. The van der Waals surface area contributed by atoms with Crippen LogP contribution in [-0.2, 0) is 22.4 Å². The molecular weight excluding hydrogens is 440 g/mol. The summed E-state index contributed by atoms with van der Waals surface area (Å²) in [5, 5.41) is 9.12. The zero-order valence-electron chi connectivity index (χ0n) is 20.4. The maximum Gasteiger partial charge on any atom is 0.304 e. The van der Waals surface area contributed by atoms with Gasteiger partial charge in [-0.05, 0) is 72.7 Å². The van der Waals surface area contributed by atoms with Gasteiger partial charge in [-0.1, -0.05) is 24.3 Å². The van der Waals surface area contributed by atoms with Gasteiger partial charge in [-0.25, -0.2) is 4.98 Å². The number of morpholine rings is 1. The molecule has 0 aliphatic carbocycles. The molecule has 0 spiro atoms. The second-order valence-electron chi connectivity index (χ2n) is 9.52. The SMILES string of the molecule is Cc1ccc(CCc2ccc3c(c2)OC[C@H]3CC(=O)O)c(C)c1-c1ccc(N2CCOCC2)nc1. The highest BCUT2D eigenvalue weighted by Crippen LogP contribution is 2.37. The normalized spacial score (nSPS) is 17.2. The Morgan fingerprint density at radius 2 is 1.91 bits per heavy atom. The fraction of sp³-hybridized carbons (Fsp3) is 0.379. The van der Waals surface area contributed by atoms with Gasteiger partial charge < -0.3 is 19.5 Å². The van der Waals surface area contributed by atoms with Gasteiger partial charge in [0.2, 0.25) is 0 Å². The Morgan fingerprint density at radius 1 is 1.09 bits per heavy atom. The first-order chi connectivity index (χ1) is 17.0. The number of carbonyl (C=O) groups is 1. The average molecular weight is 473 g/mol. The first-order valence-electron chi connectivity index (χ1n) is 12.3. The summed E-state index contributed by atoms with van der Waals surface area (Å²) in [5.41, 5.74) is 8.50. The van der Waals surface area contributed by atoms with Gasteiger partial charge >= 0.3 is 5.97 Å². The van der Waals surface area contributed by atoms with Crippen molar-refractivity contribution in [2.24, 2.45) is 0 Å². The van der Waals surface area contributed by atoms with E-state index < -0.39 is 5.97 Å². The summed E-state index contributed by atoms with van der Waals surface area (Å²) in [6.45, 7) is 8.08. The van der Waals surface area contributed by atoms with Crippen LogP contribution in [0.1, 0.15) is 40.2 Å². The molecular formula is C29H32N2O4. The second-order valence-corrected chi connectivity index (χ2v) is 9.52. The number of ether oxygens (including phenoxy) is 2. The number of benzene rings is 2. The Bertz CT molecular complexity index is 1220. The van der Waals surface area contributed by atoms with Gasteiger partial charge in [-0.2, -0.15) is 0 Å². The van der Waals surface area contributed by atoms with E-state index in [1.54, 1.807) is 0 Å². The van der Waals surface area contributed by atoms with Crippen LogP contribution < -0.4 is 9.64 Å². The lowest BCUT2D eigenvalue weighted by Crippen LogP contribution is -2.36. The third-order valence-corrected chi connectivity index (χ3v) is 7.22. The van der Waals surface area contributed by atoms with Crippen LogP contribution in [0, 0.1) is 13.8 Å². The number of pyridine rings is 1. The Hall–Kier alpha value is -3.38. The average Bonchev–Trinajstić information content (AvgIpc) is 3.26. The van der Waals surface area contributed by atoms with Crippen molar-refractivity contribution in [3.8, 4) is 16.9 Å². The minimum Gasteiger partial charge on any atom is -0.493 e. The number of nitrogens with zero attached hydrogens (tertiary/aromatic N) is 2. The highest BCUT2D eigenvalue weighted by atomic mass is 16.5. The van der Waals surface area contributed by atoms with Gasteiger partial charge in [0.15, 0.2) is 0 Å². The standard InChI is InChI=1S/C29H32N2O4/c1-19-3-6-22(7-4-21-5-9-25-24(16-28(32)33)18-35-26(25)15-21)20(2)29(19)23-8-10-27(30-17-23)31-11-13-34-14-12-31/h3,5-6,8-10,15,17,24H,4,7,11-14,16,18H2,1-2H3,(H,32,33)/t24-/m1/s1. The zero-order valence-corrected chi connectivity index (χ0v) is 20.4. The Kier molecular flexibility index (Phi) is 6.73. The van der Waals surface area contributed by atoms with Crippen LogP contribution in [0.5, 0.6) is 5.75 Å². The first kappa shape index (κ1) is 23.4. The fourth-order valence-corrected chi connectivity index (χ4v) is 5.25. The van der Waals surface area contributed by atoms with Crippen molar-refractivity contribution < 1.29 is 19.4 Å². The van der Waals surface area contributed by atoms with E-state index in [2.05, 4.69) is 55.1 Å². The quantitative estimate of drug-likeness (QED) is 0.525. The molecule has 2 aliphatic heterocycles. The second kappa shape index (κ2) is 10.1. The molecule has 6 heteroatoms. The smallest absolute Gasteiger partial charge is 0.304 e. The van der Waals surface area contributed by atoms with Crippen LogP contribution in [0.25, 0.3) is 11.1 Å². The maximum absolute atomic E-state index is 11.1. The van der Waals surface area contributed by atoms with E-state index in [-0.39, 0.29) is 12.3 Å². The van der Waals surface area contributed by atoms with Crippen molar-refractivity contribution in [3.63, 3.8) is 0 Å². The van der Waals surface area contributed by atoms with E-state index in [1.165, 1.54) is 27.8 Å². The molecule has 0 saturated carbocycles.